The van der Waals surface area contributed by atoms with E-state index in [1.807, 2.05) is 6.92 Å². The number of thioether (sulfide) groups is 1. The maximum absolute atomic E-state index is 11.8. The average Bonchev–Trinajstić information content (AvgIpc) is 2.47. The monoisotopic (exact) mass is 306 g/mol. The van der Waals surface area contributed by atoms with Crippen LogP contribution >= 0.6 is 11.8 Å². The number of nitrogens with zero attached hydrogens (tertiary/aromatic N) is 3. The first-order chi connectivity index (χ1) is 10.1. The number of nitrogens with one attached hydrogen (secondary N) is 1. The Balaban J connectivity index is 2.09. The van der Waals surface area contributed by atoms with Crippen molar-refractivity contribution in [3.8, 4) is 5.75 Å². The normalized spacial score (nSPS) is 18.6. The second-order valence-corrected chi connectivity index (χ2v) is 5.25. The number of ether oxygens (including phenoxy) is 1. The van der Waals surface area contributed by atoms with Crippen LogP contribution < -0.4 is 10.1 Å². The van der Waals surface area contributed by atoms with Gasteiger partial charge in [0, 0.05) is 0 Å². The molecule has 1 aliphatic heterocycles. The van der Waals surface area contributed by atoms with Crippen LogP contribution in [-0.4, -0.2) is 35.9 Å². The molecule has 21 heavy (non-hydrogen) atoms. The van der Waals surface area contributed by atoms with Crippen LogP contribution in [0, 0.1) is 0 Å². The first-order valence-electron chi connectivity index (χ1n) is 6.25. The molecule has 1 aromatic rings. The molecule has 1 atom stereocenters. The summed E-state index contributed by atoms with van der Waals surface area (Å²) in [4.78, 5) is 27.4. The van der Waals surface area contributed by atoms with E-state index in [1.54, 1.807) is 31.4 Å². The van der Waals surface area contributed by atoms with Crippen LogP contribution in [-0.2, 0) is 9.59 Å². The van der Waals surface area contributed by atoms with Gasteiger partial charge in [-0.05, 0) is 30.0 Å². The molecule has 0 saturated heterocycles. The van der Waals surface area contributed by atoms with E-state index in [1.165, 1.54) is 11.8 Å². The number of benzene rings is 1. The summed E-state index contributed by atoms with van der Waals surface area (Å²) in [6, 6.07) is 5.55. The molecule has 2 amide bonds. The predicted octanol–water partition coefficient (Wildman–Crippen LogP) is 1.91. The van der Waals surface area contributed by atoms with Gasteiger partial charge in [0.2, 0.25) is 6.04 Å². The van der Waals surface area contributed by atoms with Gasteiger partial charge in [0.25, 0.3) is 11.8 Å². The van der Waals surface area contributed by atoms with Gasteiger partial charge in [-0.2, -0.15) is 15.2 Å². The van der Waals surface area contributed by atoms with Crippen molar-refractivity contribution in [3.05, 3.63) is 24.3 Å². The molecular weight excluding hydrogens is 292 g/mol. The van der Waals surface area contributed by atoms with Crippen molar-refractivity contribution in [1.82, 2.24) is 5.32 Å². The third-order valence-corrected chi connectivity index (χ3v) is 3.32. The van der Waals surface area contributed by atoms with Gasteiger partial charge >= 0.3 is 0 Å². The minimum Gasteiger partial charge on any atom is -0.497 e. The average molecular weight is 306 g/mol. The summed E-state index contributed by atoms with van der Waals surface area (Å²) in [6.07, 6.45) is 0. The molecular formula is C13H14N4O3S. The van der Waals surface area contributed by atoms with Crippen molar-refractivity contribution in [3.63, 3.8) is 0 Å². The maximum atomic E-state index is 11.8. The molecule has 1 unspecified atom stereocenters. The minimum absolute atomic E-state index is 0.309. The molecule has 1 N–H and O–H groups in total. The molecule has 0 radical (unpaired) electrons. The Kier molecular flexibility index (Phi) is 5.04. The highest BCUT2D eigenvalue weighted by atomic mass is 32.2. The predicted molar refractivity (Wildman–Crippen MR) is 80.0 cm³/mol. The third-order valence-electron chi connectivity index (χ3n) is 2.57. The molecule has 0 saturated carbocycles. The fraction of sp³-hybridized carbons (Fsp3) is 0.308. The molecule has 0 fully saturated rings. The van der Waals surface area contributed by atoms with Crippen LogP contribution in [0.2, 0.25) is 0 Å². The van der Waals surface area contributed by atoms with E-state index in [2.05, 4.69) is 20.5 Å². The summed E-state index contributed by atoms with van der Waals surface area (Å²) in [5, 5.41) is 10.5. The summed E-state index contributed by atoms with van der Waals surface area (Å²) < 4.78 is 5.02. The van der Waals surface area contributed by atoms with E-state index < -0.39 is 17.9 Å². The zero-order valence-electron chi connectivity index (χ0n) is 11.6. The minimum atomic E-state index is -1.23. The molecule has 0 spiro atoms. The second-order valence-electron chi connectivity index (χ2n) is 3.99. The van der Waals surface area contributed by atoms with Gasteiger partial charge in [-0.25, -0.2) is 0 Å². The van der Waals surface area contributed by atoms with Crippen LogP contribution in [0.25, 0.3) is 0 Å². The Morgan fingerprint density at radius 1 is 1.33 bits per heavy atom. The van der Waals surface area contributed by atoms with E-state index >= 15 is 0 Å². The first-order valence-corrected chi connectivity index (χ1v) is 7.23. The van der Waals surface area contributed by atoms with E-state index in [9.17, 15) is 9.59 Å². The number of hydrogen-bond acceptors (Lipinski definition) is 6. The van der Waals surface area contributed by atoms with E-state index in [0.29, 0.717) is 22.4 Å². The van der Waals surface area contributed by atoms with Crippen LogP contribution in [0.15, 0.2) is 39.5 Å². The molecule has 2 rings (SSSR count). The largest absolute Gasteiger partial charge is 0.497 e. The van der Waals surface area contributed by atoms with E-state index in [0.717, 1.165) is 0 Å². The highest BCUT2D eigenvalue weighted by Gasteiger charge is 2.32. The van der Waals surface area contributed by atoms with E-state index in [-0.39, 0.29) is 0 Å². The highest BCUT2D eigenvalue weighted by Crippen LogP contribution is 2.19. The van der Waals surface area contributed by atoms with Gasteiger partial charge in [0.05, 0.1) is 12.8 Å². The molecule has 0 aliphatic carbocycles. The fourth-order valence-electron chi connectivity index (χ4n) is 1.56. The lowest BCUT2D eigenvalue weighted by Gasteiger charge is -2.15. The lowest BCUT2D eigenvalue weighted by Crippen LogP contribution is -2.45. The number of azo groups is 1. The fourth-order valence-corrected chi connectivity index (χ4v) is 2.16. The molecule has 7 nitrogen and oxygen atoms in total. The van der Waals surface area contributed by atoms with Gasteiger partial charge in [-0.3, -0.25) is 9.59 Å². The van der Waals surface area contributed by atoms with Crippen molar-refractivity contribution in [1.29, 1.82) is 0 Å². The summed E-state index contributed by atoms with van der Waals surface area (Å²) in [5.74, 6) is 0.284. The Morgan fingerprint density at radius 2 is 2.05 bits per heavy atom. The van der Waals surface area contributed by atoms with Crippen molar-refractivity contribution in [2.24, 2.45) is 15.2 Å². The SMILES string of the molecule is CCSC1=NC(=O)C(/N=N\c2ccc(OC)cc2)C(=O)N1. The molecule has 110 valence electrons. The quantitative estimate of drug-likeness (QED) is 0.679. The topological polar surface area (TPSA) is 92.5 Å². The van der Waals surface area contributed by atoms with Gasteiger partial charge in [0.15, 0.2) is 5.17 Å². The van der Waals surface area contributed by atoms with Gasteiger partial charge in [0.1, 0.15) is 5.75 Å². The molecule has 0 bridgehead atoms. The van der Waals surface area contributed by atoms with Crippen LogP contribution in [0.4, 0.5) is 5.69 Å². The van der Waals surface area contributed by atoms with Crippen LogP contribution in [0.3, 0.4) is 0 Å². The third kappa shape index (κ3) is 3.88. The highest BCUT2D eigenvalue weighted by molar-refractivity contribution is 8.13. The standard InChI is InChI=1S/C13H14N4O3S/c1-3-21-13-14-11(18)10(12(19)15-13)17-16-8-4-6-9(20-2)7-5-8/h4-7,10H,3H2,1-2H3,(H,14,15,18,19)/b17-16-. The van der Waals surface area contributed by atoms with Crippen molar-refractivity contribution >= 4 is 34.4 Å². The Labute approximate surface area is 125 Å². The van der Waals surface area contributed by atoms with Gasteiger partial charge in [-0.15, -0.1) is 0 Å². The Bertz CT molecular complexity index is 598. The van der Waals surface area contributed by atoms with Crippen LogP contribution in [0.1, 0.15) is 6.92 Å². The molecule has 0 aromatic heterocycles. The summed E-state index contributed by atoms with van der Waals surface area (Å²) in [5.41, 5.74) is 0.522. The zero-order valence-corrected chi connectivity index (χ0v) is 12.4. The number of carbonyl (C=O) groups is 2. The molecule has 1 heterocycles. The maximum Gasteiger partial charge on any atom is 0.284 e. The Morgan fingerprint density at radius 3 is 2.62 bits per heavy atom. The number of hydrogen-bond donors (Lipinski definition) is 1. The molecule has 1 aromatic carbocycles. The van der Waals surface area contributed by atoms with Crippen molar-refractivity contribution in [2.45, 2.75) is 13.0 Å². The zero-order chi connectivity index (χ0) is 15.2. The van der Waals surface area contributed by atoms with Crippen molar-refractivity contribution < 1.29 is 14.3 Å². The van der Waals surface area contributed by atoms with Crippen molar-refractivity contribution in [2.75, 3.05) is 12.9 Å². The number of amides is 2. The first kappa shape index (κ1) is 15.2. The van der Waals surface area contributed by atoms with Gasteiger partial charge < -0.3 is 10.1 Å². The lowest BCUT2D eigenvalue weighted by atomic mass is 10.2. The summed E-state index contributed by atoms with van der Waals surface area (Å²) >= 11 is 1.29. The number of amidine groups is 1. The smallest absolute Gasteiger partial charge is 0.284 e. The number of carbonyl (C=O) groups excluding carboxylic acids is 2. The Hall–Kier alpha value is -2.22. The van der Waals surface area contributed by atoms with Crippen LogP contribution in [0.5, 0.6) is 5.75 Å². The lowest BCUT2D eigenvalue weighted by molar-refractivity contribution is -0.129. The number of aliphatic imine (C=N–C) groups is 1. The number of rotatable bonds is 4. The molecule has 8 heteroatoms. The summed E-state index contributed by atoms with van der Waals surface area (Å²) in [7, 11) is 1.56. The summed E-state index contributed by atoms with van der Waals surface area (Å²) in [6.45, 7) is 1.90. The number of methoxy groups -OCH3 is 1. The molecule has 1 aliphatic rings. The van der Waals surface area contributed by atoms with Gasteiger partial charge in [-0.1, -0.05) is 18.7 Å². The van der Waals surface area contributed by atoms with E-state index in [4.69, 9.17) is 4.74 Å². The second kappa shape index (κ2) is 6.98.